The van der Waals surface area contributed by atoms with Crippen LogP contribution in [-0.2, 0) is 4.74 Å². The smallest absolute Gasteiger partial charge is 0.337 e. The molecule has 1 aromatic carbocycles. The summed E-state index contributed by atoms with van der Waals surface area (Å²) in [6.45, 7) is 1.66. The van der Waals surface area contributed by atoms with Gasteiger partial charge in [0.1, 0.15) is 17.7 Å². The van der Waals surface area contributed by atoms with Gasteiger partial charge in [0, 0.05) is 19.3 Å². The van der Waals surface area contributed by atoms with Gasteiger partial charge in [-0.25, -0.2) is 9.78 Å². The van der Waals surface area contributed by atoms with Crippen molar-refractivity contribution in [2.24, 2.45) is 11.8 Å². The second kappa shape index (κ2) is 8.10. The number of fused-ring (bicyclic) bond motifs is 1. The number of carbonyl (C=O) groups excluding carboxylic acids is 1. The van der Waals surface area contributed by atoms with Gasteiger partial charge in [-0.1, -0.05) is 0 Å². The molecule has 1 aliphatic carbocycles. The van der Waals surface area contributed by atoms with E-state index in [0.29, 0.717) is 35.1 Å². The van der Waals surface area contributed by atoms with E-state index in [1.165, 1.54) is 7.11 Å². The fraction of sp³-hybridized carbons (Fsp3) is 0.409. The zero-order chi connectivity index (χ0) is 20.4. The van der Waals surface area contributed by atoms with Crippen molar-refractivity contribution >= 4 is 11.8 Å². The van der Waals surface area contributed by atoms with Crippen LogP contribution in [-0.4, -0.2) is 48.5 Å². The number of aromatic nitrogens is 1. The lowest BCUT2D eigenvalue weighted by Crippen LogP contribution is -2.42. The first-order chi connectivity index (χ1) is 14.1. The molecular weight excluding hydrogens is 370 g/mol. The first-order valence-electron chi connectivity index (χ1n) is 9.71. The third-order valence-corrected chi connectivity index (χ3v) is 5.85. The molecule has 2 heterocycles. The number of methoxy groups -OCH3 is 1. The molecule has 0 bridgehead atoms. The average molecular weight is 393 g/mol. The van der Waals surface area contributed by atoms with Gasteiger partial charge in [0.2, 0.25) is 0 Å². The molecule has 0 amide bonds. The molecule has 1 aliphatic heterocycles. The zero-order valence-corrected chi connectivity index (χ0v) is 16.2. The maximum absolute atomic E-state index is 11.5. The Balaban J connectivity index is 1.41. The molecule has 2 aromatic rings. The van der Waals surface area contributed by atoms with Crippen LogP contribution in [0.25, 0.3) is 0 Å². The number of nitrogens with zero attached hydrogens (tertiary/aromatic N) is 3. The number of hydrogen-bond donors (Lipinski definition) is 1. The van der Waals surface area contributed by atoms with Crippen LogP contribution in [0.5, 0.6) is 5.75 Å². The predicted octanol–water partition coefficient (Wildman–Crippen LogP) is 2.39. The van der Waals surface area contributed by atoms with E-state index in [0.717, 1.165) is 25.3 Å². The van der Waals surface area contributed by atoms with Gasteiger partial charge in [-0.3, -0.25) is 0 Å². The van der Waals surface area contributed by atoms with Crippen LogP contribution in [0.1, 0.15) is 28.8 Å². The van der Waals surface area contributed by atoms with Crippen LogP contribution in [0.4, 0.5) is 5.82 Å². The summed E-state index contributed by atoms with van der Waals surface area (Å²) in [4.78, 5) is 18.1. The minimum Gasteiger partial charge on any atom is -0.488 e. The molecule has 4 rings (SSSR count). The average Bonchev–Trinajstić information content (AvgIpc) is 3.16. The molecule has 7 heteroatoms. The van der Waals surface area contributed by atoms with Crippen molar-refractivity contribution in [3.05, 3.63) is 53.7 Å². The summed E-state index contributed by atoms with van der Waals surface area (Å²) in [7, 11) is 1.35. The highest BCUT2D eigenvalue weighted by Crippen LogP contribution is 2.39. The van der Waals surface area contributed by atoms with Gasteiger partial charge >= 0.3 is 5.97 Å². The summed E-state index contributed by atoms with van der Waals surface area (Å²) in [6, 6.07) is 12.4. The molecule has 4 atom stereocenters. The minimum absolute atomic E-state index is 0.293. The summed E-state index contributed by atoms with van der Waals surface area (Å²) in [5.74, 6) is 1.81. The van der Waals surface area contributed by atoms with E-state index in [1.54, 1.807) is 36.5 Å². The van der Waals surface area contributed by atoms with Crippen LogP contribution in [0.15, 0.2) is 42.6 Å². The number of pyridine rings is 1. The molecule has 2 fully saturated rings. The van der Waals surface area contributed by atoms with Gasteiger partial charge < -0.3 is 19.5 Å². The molecule has 0 unspecified atom stereocenters. The zero-order valence-electron chi connectivity index (χ0n) is 16.2. The lowest BCUT2D eigenvalue weighted by molar-refractivity contribution is -0.0231. The molecule has 1 N–H and O–H groups in total. The molecule has 29 heavy (non-hydrogen) atoms. The van der Waals surface area contributed by atoms with Gasteiger partial charge in [-0.05, 0) is 61.1 Å². The van der Waals surface area contributed by atoms with Crippen LogP contribution in [0.2, 0.25) is 0 Å². The Morgan fingerprint density at radius 2 is 1.93 bits per heavy atom. The summed E-state index contributed by atoms with van der Waals surface area (Å²) >= 11 is 0. The number of rotatable bonds is 4. The van der Waals surface area contributed by atoms with Crippen LogP contribution in [0.3, 0.4) is 0 Å². The van der Waals surface area contributed by atoms with Crippen LogP contribution < -0.4 is 9.64 Å². The van der Waals surface area contributed by atoms with Crippen LogP contribution >= 0.6 is 0 Å². The summed E-state index contributed by atoms with van der Waals surface area (Å²) in [6.07, 6.45) is 2.24. The van der Waals surface area contributed by atoms with Crippen molar-refractivity contribution in [3.63, 3.8) is 0 Å². The molecule has 1 aromatic heterocycles. The molecule has 0 radical (unpaired) electrons. The Hall–Kier alpha value is -3.11. The Morgan fingerprint density at radius 3 is 2.62 bits per heavy atom. The minimum atomic E-state index is -0.546. The van der Waals surface area contributed by atoms with E-state index < -0.39 is 12.1 Å². The van der Waals surface area contributed by atoms with Crippen LogP contribution in [0, 0.1) is 23.2 Å². The highest BCUT2D eigenvalue weighted by Gasteiger charge is 2.43. The SMILES string of the molecule is COC(=O)c1ccc(O[C@H]2C[C@@H]3CN(c4cc(C#N)ccn4)C[C@@H]3C[C@@H]2O)cc1. The number of benzene rings is 1. The van der Waals surface area contributed by atoms with Gasteiger partial charge in [-0.2, -0.15) is 5.26 Å². The molecule has 150 valence electrons. The van der Waals surface area contributed by atoms with Gasteiger partial charge in [0.25, 0.3) is 0 Å². The number of carbonyl (C=O) groups is 1. The standard InChI is InChI=1S/C22H23N3O4/c1-28-22(27)15-2-4-18(5-3-15)29-20-10-17-13-25(12-16(17)9-19(20)26)21-8-14(11-23)6-7-24-21/h2-8,16-17,19-20,26H,9-10,12-13H2,1H3/t16-,17+,19-,20-/m0/s1. The number of ether oxygens (including phenoxy) is 2. The van der Waals surface area contributed by atoms with Crippen molar-refractivity contribution in [2.75, 3.05) is 25.1 Å². The quantitative estimate of drug-likeness (QED) is 0.797. The van der Waals surface area contributed by atoms with E-state index in [-0.39, 0.29) is 6.10 Å². The van der Waals surface area contributed by atoms with Gasteiger partial charge in [0.05, 0.1) is 30.4 Å². The Bertz CT molecular complexity index is 924. The monoisotopic (exact) mass is 393 g/mol. The third-order valence-electron chi connectivity index (χ3n) is 5.85. The maximum atomic E-state index is 11.5. The molecule has 7 nitrogen and oxygen atoms in total. The molecule has 1 saturated heterocycles. The van der Waals surface area contributed by atoms with Crippen molar-refractivity contribution in [3.8, 4) is 11.8 Å². The second-order valence-corrected chi connectivity index (χ2v) is 7.65. The lowest BCUT2D eigenvalue weighted by atomic mass is 9.78. The highest BCUT2D eigenvalue weighted by atomic mass is 16.5. The third kappa shape index (κ3) is 4.03. The lowest BCUT2D eigenvalue weighted by Gasteiger charge is -2.35. The highest BCUT2D eigenvalue weighted by molar-refractivity contribution is 5.89. The number of esters is 1. The van der Waals surface area contributed by atoms with Gasteiger partial charge in [0.15, 0.2) is 0 Å². The topological polar surface area (TPSA) is 95.7 Å². The molecule has 2 aliphatic rings. The number of hydrogen-bond acceptors (Lipinski definition) is 7. The number of nitriles is 1. The van der Waals surface area contributed by atoms with E-state index in [4.69, 9.17) is 14.7 Å². The van der Waals surface area contributed by atoms with Crippen molar-refractivity contribution in [1.29, 1.82) is 5.26 Å². The summed E-state index contributed by atoms with van der Waals surface area (Å²) < 4.78 is 10.7. The molecule has 1 saturated carbocycles. The molecular formula is C22H23N3O4. The Morgan fingerprint density at radius 1 is 1.21 bits per heavy atom. The predicted molar refractivity (Wildman–Crippen MR) is 106 cm³/mol. The van der Waals surface area contributed by atoms with Crippen molar-refractivity contribution in [2.45, 2.75) is 25.0 Å². The number of aliphatic hydroxyl groups is 1. The van der Waals surface area contributed by atoms with Gasteiger partial charge in [-0.15, -0.1) is 0 Å². The summed E-state index contributed by atoms with van der Waals surface area (Å²) in [5.41, 5.74) is 1.06. The number of anilines is 1. The molecule has 0 spiro atoms. The van der Waals surface area contributed by atoms with E-state index in [2.05, 4.69) is 16.0 Å². The largest absolute Gasteiger partial charge is 0.488 e. The number of aliphatic hydroxyl groups excluding tert-OH is 1. The van der Waals surface area contributed by atoms with Crippen molar-refractivity contribution in [1.82, 2.24) is 4.98 Å². The first-order valence-corrected chi connectivity index (χ1v) is 9.71. The van der Waals surface area contributed by atoms with E-state index in [1.807, 2.05) is 6.07 Å². The Kier molecular flexibility index (Phi) is 5.36. The maximum Gasteiger partial charge on any atom is 0.337 e. The van der Waals surface area contributed by atoms with E-state index >= 15 is 0 Å². The fourth-order valence-electron chi connectivity index (χ4n) is 4.33. The Labute approximate surface area is 169 Å². The van der Waals surface area contributed by atoms with Crippen molar-refractivity contribution < 1.29 is 19.4 Å². The summed E-state index contributed by atoms with van der Waals surface area (Å²) in [5, 5.41) is 19.7. The normalized spacial score (nSPS) is 25.8. The first kappa shape index (κ1) is 19.2. The van der Waals surface area contributed by atoms with E-state index in [9.17, 15) is 9.90 Å². The second-order valence-electron chi connectivity index (χ2n) is 7.65. The fourth-order valence-corrected chi connectivity index (χ4v) is 4.33.